The molecule has 0 bridgehead atoms. The summed E-state index contributed by atoms with van der Waals surface area (Å²) in [6.45, 7) is 1.63. The molecule has 0 radical (unpaired) electrons. The lowest BCUT2D eigenvalue weighted by atomic mass is 9.80. The van der Waals surface area contributed by atoms with E-state index >= 15 is 0 Å². The molecule has 1 aliphatic carbocycles. The average molecular weight is 366 g/mol. The van der Waals surface area contributed by atoms with Crippen molar-refractivity contribution in [3.8, 4) is 0 Å². The highest BCUT2D eigenvalue weighted by molar-refractivity contribution is 5.81. The first-order valence-corrected chi connectivity index (χ1v) is 8.93. The molecule has 26 heavy (non-hydrogen) atoms. The molecule has 3 rings (SSSR count). The number of alkyl halides is 2. The zero-order valence-electron chi connectivity index (χ0n) is 14.5. The summed E-state index contributed by atoms with van der Waals surface area (Å²) < 4.78 is 32.7. The van der Waals surface area contributed by atoms with Crippen LogP contribution < -0.4 is 0 Å². The molecule has 2 N–H and O–H groups in total. The summed E-state index contributed by atoms with van der Waals surface area (Å²) in [7, 11) is 0. The summed E-state index contributed by atoms with van der Waals surface area (Å²) in [4.78, 5) is 14.5. The molecule has 1 aromatic rings. The second kappa shape index (κ2) is 7.31. The molecule has 1 heterocycles. The number of rotatable bonds is 7. The fourth-order valence-electron chi connectivity index (χ4n) is 3.85. The molecule has 0 amide bonds. The van der Waals surface area contributed by atoms with Crippen molar-refractivity contribution in [2.24, 2.45) is 11.8 Å². The number of esters is 1. The first-order chi connectivity index (χ1) is 12.3. The number of hydrogen-bond acceptors (Lipinski definition) is 4. The largest absolute Gasteiger partial charge is 0.463 e. The summed E-state index contributed by atoms with van der Waals surface area (Å²) in [6.07, 6.45) is 1.12. The Bertz CT molecular complexity index is 649. The SMILES string of the molecule is N=CN1CC(CCOC(=O)C(O)(c2ccccc2)C2CCC(F)(F)C2)C1. The Morgan fingerprint density at radius 3 is 2.65 bits per heavy atom. The highest BCUT2D eigenvalue weighted by atomic mass is 19.3. The molecule has 1 aliphatic heterocycles. The van der Waals surface area contributed by atoms with Crippen molar-refractivity contribution in [1.82, 2.24) is 4.90 Å². The molecule has 1 saturated heterocycles. The van der Waals surface area contributed by atoms with Crippen LogP contribution in [0.15, 0.2) is 30.3 Å². The molecule has 2 aliphatic rings. The number of nitrogens with one attached hydrogen (secondary N) is 1. The van der Waals surface area contributed by atoms with Crippen molar-refractivity contribution in [2.75, 3.05) is 19.7 Å². The van der Waals surface area contributed by atoms with Crippen LogP contribution in [0.4, 0.5) is 8.78 Å². The minimum absolute atomic E-state index is 0.0738. The summed E-state index contributed by atoms with van der Waals surface area (Å²) in [6, 6.07) is 8.23. The van der Waals surface area contributed by atoms with Crippen LogP contribution in [0.1, 0.15) is 31.2 Å². The number of likely N-dealkylation sites (tertiary alicyclic amines) is 1. The number of nitrogens with zero attached hydrogens (tertiary/aromatic N) is 1. The summed E-state index contributed by atoms with van der Waals surface area (Å²) in [5.74, 6) is -4.25. The number of aliphatic hydroxyl groups is 1. The lowest BCUT2D eigenvalue weighted by Crippen LogP contribution is -2.47. The van der Waals surface area contributed by atoms with E-state index in [9.17, 15) is 18.7 Å². The van der Waals surface area contributed by atoms with Crippen LogP contribution in [-0.2, 0) is 15.1 Å². The van der Waals surface area contributed by atoms with Crippen molar-refractivity contribution < 1.29 is 23.4 Å². The second-order valence-electron chi connectivity index (χ2n) is 7.30. The highest BCUT2D eigenvalue weighted by Crippen LogP contribution is 2.47. The third kappa shape index (κ3) is 3.72. The van der Waals surface area contributed by atoms with Gasteiger partial charge in [0.05, 0.1) is 12.9 Å². The number of carbonyl (C=O) groups is 1. The topological polar surface area (TPSA) is 73.6 Å². The minimum Gasteiger partial charge on any atom is -0.463 e. The Balaban J connectivity index is 1.67. The lowest BCUT2D eigenvalue weighted by Gasteiger charge is -2.37. The fraction of sp³-hybridized carbons (Fsp3) is 0.579. The van der Waals surface area contributed by atoms with E-state index in [1.807, 2.05) is 4.90 Å². The van der Waals surface area contributed by atoms with Crippen molar-refractivity contribution in [3.05, 3.63) is 35.9 Å². The number of carbonyl (C=O) groups excluding carboxylic acids is 1. The fourth-order valence-corrected chi connectivity index (χ4v) is 3.85. The molecule has 0 aromatic heterocycles. The standard InChI is InChI=1S/C19H24F2N2O3/c20-18(21)8-6-16(10-18)19(25,15-4-2-1-3-5-15)17(24)26-9-7-14-11-23(12-14)13-22/h1-5,13-14,16,22,25H,6-12H2. The Labute approximate surface area is 151 Å². The van der Waals surface area contributed by atoms with E-state index in [2.05, 4.69) is 0 Å². The number of halogens is 2. The first kappa shape index (κ1) is 18.8. The van der Waals surface area contributed by atoms with Gasteiger partial charge in [-0.2, -0.15) is 0 Å². The maximum atomic E-state index is 13.7. The maximum Gasteiger partial charge on any atom is 0.343 e. The van der Waals surface area contributed by atoms with Crippen molar-refractivity contribution in [1.29, 1.82) is 5.41 Å². The van der Waals surface area contributed by atoms with Crippen LogP contribution in [0.2, 0.25) is 0 Å². The number of benzene rings is 1. The van der Waals surface area contributed by atoms with Crippen LogP contribution in [-0.4, -0.2) is 47.9 Å². The molecular formula is C19H24F2N2O3. The van der Waals surface area contributed by atoms with Gasteiger partial charge < -0.3 is 14.7 Å². The van der Waals surface area contributed by atoms with Gasteiger partial charge >= 0.3 is 5.97 Å². The summed E-state index contributed by atoms with van der Waals surface area (Å²) in [5.41, 5.74) is -1.76. The monoisotopic (exact) mass is 366 g/mol. The zero-order valence-corrected chi connectivity index (χ0v) is 14.5. The van der Waals surface area contributed by atoms with Crippen molar-refractivity contribution >= 4 is 12.3 Å². The van der Waals surface area contributed by atoms with Crippen LogP contribution in [0, 0.1) is 17.2 Å². The van der Waals surface area contributed by atoms with Crippen molar-refractivity contribution in [2.45, 2.75) is 37.2 Å². The molecule has 0 spiro atoms. The molecule has 1 aromatic carbocycles. The van der Waals surface area contributed by atoms with Gasteiger partial charge in [-0.3, -0.25) is 5.41 Å². The third-order valence-corrected chi connectivity index (χ3v) is 5.45. The van der Waals surface area contributed by atoms with Gasteiger partial charge in [0.15, 0.2) is 5.60 Å². The van der Waals surface area contributed by atoms with Gasteiger partial charge in [0.25, 0.3) is 0 Å². The lowest BCUT2D eigenvalue weighted by molar-refractivity contribution is -0.175. The highest BCUT2D eigenvalue weighted by Gasteiger charge is 2.54. The smallest absolute Gasteiger partial charge is 0.343 e. The van der Waals surface area contributed by atoms with Gasteiger partial charge in [0, 0.05) is 31.8 Å². The van der Waals surface area contributed by atoms with E-state index < -0.39 is 29.8 Å². The van der Waals surface area contributed by atoms with Gasteiger partial charge in [-0.25, -0.2) is 13.6 Å². The molecule has 2 fully saturated rings. The van der Waals surface area contributed by atoms with Crippen LogP contribution in [0.3, 0.4) is 0 Å². The molecule has 2 atom stereocenters. The summed E-state index contributed by atoms with van der Waals surface area (Å²) in [5, 5.41) is 18.3. The Hall–Kier alpha value is -2.02. The Morgan fingerprint density at radius 1 is 1.38 bits per heavy atom. The average Bonchev–Trinajstić information content (AvgIpc) is 2.97. The van der Waals surface area contributed by atoms with Crippen LogP contribution in [0.5, 0.6) is 0 Å². The molecule has 5 nitrogen and oxygen atoms in total. The Morgan fingerprint density at radius 2 is 2.08 bits per heavy atom. The Kier molecular flexibility index (Phi) is 5.27. The summed E-state index contributed by atoms with van der Waals surface area (Å²) >= 11 is 0. The van der Waals surface area contributed by atoms with E-state index in [1.165, 1.54) is 6.34 Å². The first-order valence-electron chi connectivity index (χ1n) is 8.93. The molecular weight excluding hydrogens is 342 g/mol. The predicted octanol–water partition coefficient (Wildman–Crippen LogP) is 2.78. The minimum atomic E-state index is -2.87. The zero-order chi connectivity index (χ0) is 18.8. The number of ether oxygens (including phenoxy) is 1. The molecule has 142 valence electrons. The van der Waals surface area contributed by atoms with Crippen LogP contribution in [0.25, 0.3) is 0 Å². The second-order valence-corrected chi connectivity index (χ2v) is 7.30. The normalized spacial score (nSPS) is 24.6. The predicted molar refractivity (Wildman–Crippen MR) is 92.0 cm³/mol. The van der Waals surface area contributed by atoms with E-state index in [-0.39, 0.29) is 19.4 Å². The van der Waals surface area contributed by atoms with Gasteiger partial charge in [0.2, 0.25) is 5.92 Å². The number of hydrogen-bond donors (Lipinski definition) is 2. The maximum absolute atomic E-state index is 13.7. The van der Waals surface area contributed by atoms with Crippen molar-refractivity contribution in [3.63, 3.8) is 0 Å². The van der Waals surface area contributed by atoms with E-state index in [0.29, 0.717) is 17.9 Å². The van der Waals surface area contributed by atoms with Gasteiger partial charge in [-0.1, -0.05) is 30.3 Å². The van der Waals surface area contributed by atoms with Gasteiger partial charge in [0.1, 0.15) is 0 Å². The van der Waals surface area contributed by atoms with Gasteiger partial charge in [-0.15, -0.1) is 0 Å². The van der Waals surface area contributed by atoms with E-state index in [0.717, 1.165) is 13.1 Å². The van der Waals surface area contributed by atoms with E-state index in [1.54, 1.807) is 30.3 Å². The third-order valence-electron chi connectivity index (χ3n) is 5.45. The van der Waals surface area contributed by atoms with E-state index in [4.69, 9.17) is 10.1 Å². The molecule has 1 saturated carbocycles. The van der Waals surface area contributed by atoms with Crippen LogP contribution >= 0.6 is 0 Å². The molecule has 7 heteroatoms. The van der Waals surface area contributed by atoms with Gasteiger partial charge in [-0.05, 0) is 24.3 Å². The molecule has 2 unspecified atom stereocenters. The quantitative estimate of drug-likeness (QED) is 0.442.